The molecule has 0 saturated carbocycles. The minimum atomic E-state index is -0.147. The number of aromatic nitrogens is 3. The molecule has 2 N–H and O–H groups in total. The van der Waals surface area contributed by atoms with Gasteiger partial charge in [0, 0.05) is 36.3 Å². The van der Waals surface area contributed by atoms with Gasteiger partial charge in [0.1, 0.15) is 11.6 Å². The van der Waals surface area contributed by atoms with Crippen molar-refractivity contribution in [2.75, 3.05) is 11.9 Å². The Bertz CT molecular complexity index is 745. The highest BCUT2D eigenvalue weighted by atomic mass is 16.3. The third-order valence-electron chi connectivity index (χ3n) is 3.40. The molecule has 3 rings (SSSR count). The van der Waals surface area contributed by atoms with Gasteiger partial charge in [0.05, 0.1) is 12.3 Å². The average Bonchev–Trinajstić information content (AvgIpc) is 3.09. The Labute approximate surface area is 134 Å². The van der Waals surface area contributed by atoms with Crippen LogP contribution in [0, 0.1) is 6.92 Å². The van der Waals surface area contributed by atoms with Gasteiger partial charge in [-0.05, 0) is 37.6 Å². The molecule has 6 heteroatoms. The van der Waals surface area contributed by atoms with E-state index in [1.165, 1.54) is 0 Å². The number of aryl methyl sites for hydroxylation is 1. The maximum Gasteiger partial charge on any atom is 0.163 e. The van der Waals surface area contributed by atoms with Crippen molar-refractivity contribution in [1.82, 2.24) is 15.0 Å². The fourth-order valence-electron chi connectivity index (χ4n) is 2.35. The van der Waals surface area contributed by atoms with Crippen LogP contribution < -0.4 is 5.32 Å². The monoisotopic (exact) mass is 310 g/mol. The summed E-state index contributed by atoms with van der Waals surface area (Å²) in [6.45, 7) is 1.97. The van der Waals surface area contributed by atoms with Gasteiger partial charge in [-0.1, -0.05) is 0 Å². The van der Waals surface area contributed by atoms with Crippen molar-refractivity contribution < 1.29 is 9.52 Å². The molecule has 0 aromatic carbocycles. The summed E-state index contributed by atoms with van der Waals surface area (Å²) in [7, 11) is 0. The second kappa shape index (κ2) is 7.02. The molecule has 0 spiro atoms. The van der Waals surface area contributed by atoms with Crippen molar-refractivity contribution in [3.63, 3.8) is 0 Å². The zero-order valence-electron chi connectivity index (χ0n) is 12.8. The number of nitrogens with zero attached hydrogens (tertiary/aromatic N) is 3. The molecule has 0 radical (unpaired) electrons. The van der Waals surface area contributed by atoms with E-state index in [2.05, 4.69) is 20.3 Å². The maximum absolute atomic E-state index is 9.28. The van der Waals surface area contributed by atoms with E-state index >= 15 is 0 Å². The van der Waals surface area contributed by atoms with Crippen LogP contribution in [0.5, 0.6) is 0 Å². The lowest BCUT2D eigenvalue weighted by Crippen LogP contribution is -2.13. The van der Waals surface area contributed by atoms with Crippen LogP contribution in [-0.2, 0) is 0 Å². The van der Waals surface area contributed by atoms with Gasteiger partial charge in [0.2, 0.25) is 0 Å². The van der Waals surface area contributed by atoms with Crippen LogP contribution in [0.1, 0.15) is 23.9 Å². The Morgan fingerprint density at radius 2 is 2.17 bits per heavy atom. The summed E-state index contributed by atoms with van der Waals surface area (Å²) in [5, 5.41) is 12.6. The molecule has 0 fully saturated rings. The second-order valence-electron chi connectivity index (χ2n) is 5.18. The summed E-state index contributed by atoms with van der Waals surface area (Å²) < 4.78 is 5.44. The molecule has 3 heterocycles. The van der Waals surface area contributed by atoms with E-state index in [1.807, 2.05) is 37.3 Å². The Morgan fingerprint density at radius 3 is 2.87 bits per heavy atom. The van der Waals surface area contributed by atoms with Crippen molar-refractivity contribution in [2.45, 2.75) is 19.4 Å². The quantitative estimate of drug-likeness (QED) is 0.728. The van der Waals surface area contributed by atoms with Gasteiger partial charge < -0.3 is 14.8 Å². The smallest absolute Gasteiger partial charge is 0.163 e. The van der Waals surface area contributed by atoms with E-state index in [1.54, 1.807) is 18.7 Å². The summed E-state index contributed by atoms with van der Waals surface area (Å²) in [5.74, 6) is 2.06. The van der Waals surface area contributed by atoms with Gasteiger partial charge in [-0.25, -0.2) is 9.97 Å². The predicted octanol–water partition coefficient (Wildman–Crippen LogP) is 2.98. The van der Waals surface area contributed by atoms with E-state index in [0.717, 1.165) is 17.0 Å². The first-order chi connectivity index (χ1) is 11.3. The van der Waals surface area contributed by atoms with Gasteiger partial charge in [0.15, 0.2) is 5.82 Å². The predicted molar refractivity (Wildman–Crippen MR) is 86.8 cm³/mol. The highest BCUT2D eigenvalue weighted by molar-refractivity contribution is 5.56. The molecule has 0 amide bonds. The largest absolute Gasteiger partial charge is 0.467 e. The number of hydrogen-bond donors (Lipinski definition) is 2. The van der Waals surface area contributed by atoms with Crippen LogP contribution in [0.25, 0.3) is 11.4 Å². The summed E-state index contributed by atoms with van der Waals surface area (Å²) in [6, 6.07) is 9.20. The molecule has 0 aliphatic heterocycles. The molecule has 0 saturated heterocycles. The van der Waals surface area contributed by atoms with Crippen molar-refractivity contribution in [2.24, 2.45) is 0 Å². The van der Waals surface area contributed by atoms with E-state index in [4.69, 9.17) is 4.42 Å². The third kappa shape index (κ3) is 3.73. The maximum atomic E-state index is 9.28. The minimum Gasteiger partial charge on any atom is -0.467 e. The van der Waals surface area contributed by atoms with Crippen LogP contribution in [-0.4, -0.2) is 26.7 Å². The Kier molecular flexibility index (Phi) is 4.63. The van der Waals surface area contributed by atoms with E-state index in [9.17, 15) is 5.11 Å². The fourth-order valence-corrected chi connectivity index (χ4v) is 2.35. The van der Waals surface area contributed by atoms with Crippen LogP contribution in [0.2, 0.25) is 0 Å². The van der Waals surface area contributed by atoms with Gasteiger partial charge in [-0.2, -0.15) is 0 Å². The Morgan fingerprint density at radius 1 is 1.26 bits per heavy atom. The minimum absolute atomic E-state index is 0.0535. The summed E-state index contributed by atoms with van der Waals surface area (Å²) in [4.78, 5) is 13.1. The first kappa shape index (κ1) is 15.2. The normalized spacial score (nSPS) is 12.1. The zero-order chi connectivity index (χ0) is 16.1. The molecular formula is C17H18N4O2. The van der Waals surface area contributed by atoms with Crippen LogP contribution >= 0.6 is 0 Å². The number of furan rings is 1. The van der Waals surface area contributed by atoms with E-state index in [-0.39, 0.29) is 12.6 Å². The number of rotatable bonds is 6. The number of aliphatic hydroxyl groups is 1. The fraction of sp³-hybridized carbons (Fsp3) is 0.235. The Balaban J connectivity index is 1.89. The lowest BCUT2D eigenvalue weighted by Gasteiger charge is -2.17. The molecule has 0 aliphatic rings. The molecule has 6 nitrogen and oxygen atoms in total. The molecule has 0 aliphatic carbocycles. The number of anilines is 1. The van der Waals surface area contributed by atoms with Gasteiger partial charge in [-0.3, -0.25) is 4.98 Å². The summed E-state index contributed by atoms with van der Waals surface area (Å²) in [5.41, 5.74) is 1.71. The Hall–Kier alpha value is -2.73. The lowest BCUT2D eigenvalue weighted by molar-refractivity contribution is 0.273. The number of nitrogens with one attached hydrogen (secondary N) is 1. The van der Waals surface area contributed by atoms with Gasteiger partial charge >= 0.3 is 0 Å². The lowest BCUT2D eigenvalue weighted by atomic mass is 10.1. The molecule has 118 valence electrons. The number of aliphatic hydroxyl groups excluding tert-OH is 1. The summed E-state index contributed by atoms with van der Waals surface area (Å²) in [6.07, 6.45) is 5.59. The van der Waals surface area contributed by atoms with Crippen molar-refractivity contribution in [3.8, 4) is 11.4 Å². The second-order valence-corrected chi connectivity index (χ2v) is 5.18. The molecule has 3 aromatic heterocycles. The van der Waals surface area contributed by atoms with E-state index < -0.39 is 0 Å². The average molecular weight is 310 g/mol. The molecular weight excluding hydrogens is 292 g/mol. The SMILES string of the molecule is Cc1cc(NC(CCO)c2ccco2)nc(-c2cccnc2)n1. The van der Waals surface area contributed by atoms with Crippen LogP contribution in [0.15, 0.2) is 53.4 Å². The van der Waals surface area contributed by atoms with Gasteiger partial charge in [-0.15, -0.1) is 0 Å². The highest BCUT2D eigenvalue weighted by Gasteiger charge is 2.15. The first-order valence-corrected chi connectivity index (χ1v) is 7.43. The summed E-state index contributed by atoms with van der Waals surface area (Å²) >= 11 is 0. The highest BCUT2D eigenvalue weighted by Crippen LogP contribution is 2.24. The van der Waals surface area contributed by atoms with Crippen LogP contribution in [0.3, 0.4) is 0 Å². The first-order valence-electron chi connectivity index (χ1n) is 7.43. The molecule has 1 atom stereocenters. The van der Waals surface area contributed by atoms with Crippen molar-refractivity contribution in [3.05, 3.63) is 60.4 Å². The number of pyridine rings is 1. The topological polar surface area (TPSA) is 84.1 Å². The molecule has 23 heavy (non-hydrogen) atoms. The van der Waals surface area contributed by atoms with Crippen molar-refractivity contribution in [1.29, 1.82) is 0 Å². The number of hydrogen-bond acceptors (Lipinski definition) is 6. The van der Waals surface area contributed by atoms with Crippen LogP contribution in [0.4, 0.5) is 5.82 Å². The molecule has 1 unspecified atom stereocenters. The molecule has 0 bridgehead atoms. The third-order valence-corrected chi connectivity index (χ3v) is 3.40. The molecule has 3 aromatic rings. The standard InChI is InChI=1S/C17H18N4O2/c1-12-10-16(20-14(6-8-22)15-5-3-9-23-15)21-17(19-12)13-4-2-7-18-11-13/h2-5,7,9-11,14,22H,6,8H2,1H3,(H,19,20,21). The van der Waals surface area contributed by atoms with Crippen molar-refractivity contribution >= 4 is 5.82 Å². The zero-order valence-corrected chi connectivity index (χ0v) is 12.8. The van der Waals surface area contributed by atoms with Gasteiger partial charge in [0.25, 0.3) is 0 Å². The van der Waals surface area contributed by atoms with E-state index in [0.29, 0.717) is 18.1 Å².